The van der Waals surface area contributed by atoms with E-state index >= 15 is 0 Å². The predicted octanol–water partition coefficient (Wildman–Crippen LogP) is 4.09. The first-order valence-electron chi connectivity index (χ1n) is 22.1. The molecule has 7 N–H and O–H groups in total. The number of unbranched alkanes of at least 4 members (excludes halogenated alkanes) is 20. The smallest absolute Gasteiger partial charge is 0.306 e. The Kier molecular flexibility index (Phi) is 28.4. The van der Waals surface area contributed by atoms with Gasteiger partial charge in [0.1, 0.15) is 55.4 Å². The highest BCUT2D eigenvalue weighted by Gasteiger charge is 2.47. The van der Waals surface area contributed by atoms with Crippen LogP contribution in [-0.2, 0) is 38.0 Å². The van der Waals surface area contributed by atoms with Crippen molar-refractivity contribution in [3.63, 3.8) is 0 Å². The van der Waals surface area contributed by atoms with Crippen molar-refractivity contribution in [3.05, 3.63) is 0 Å². The van der Waals surface area contributed by atoms with E-state index in [2.05, 4.69) is 6.92 Å². The summed E-state index contributed by atoms with van der Waals surface area (Å²) in [7, 11) is 0. The molecular formula is C42H78O15. The number of carbonyl (C=O) groups excluding carboxylic acids is 2. The predicted molar refractivity (Wildman–Crippen MR) is 211 cm³/mol. The fourth-order valence-corrected chi connectivity index (χ4v) is 7.14. The van der Waals surface area contributed by atoms with Crippen LogP contribution in [0.4, 0.5) is 0 Å². The second kappa shape index (κ2) is 31.4. The van der Waals surface area contributed by atoms with Crippen molar-refractivity contribution in [2.75, 3.05) is 26.4 Å². The monoisotopic (exact) mass is 823 g/mol. The third-order valence-corrected chi connectivity index (χ3v) is 10.9. The van der Waals surface area contributed by atoms with Gasteiger partial charge in [-0.25, -0.2) is 0 Å². The highest BCUT2D eigenvalue weighted by atomic mass is 16.7. The van der Waals surface area contributed by atoms with Gasteiger partial charge in [-0.3, -0.25) is 9.59 Å². The van der Waals surface area contributed by atoms with Crippen LogP contribution in [0.25, 0.3) is 0 Å². The molecule has 0 spiro atoms. The highest BCUT2D eigenvalue weighted by Crippen LogP contribution is 2.26. The van der Waals surface area contributed by atoms with E-state index in [1.165, 1.54) is 109 Å². The average molecular weight is 823 g/mol. The van der Waals surface area contributed by atoms with E-state index in [1.54, 1.807) is 6.92 Å². The van der Waals surface area contributed by atoms with Crippen molar-refractivity contribution in [2.24, 2.45) is 0 Å². The van der Waals surface area contributed by atoms with Gasteiger partial charge in [-0.05, 0) is 6.42 Å². The molecule has 2 saturated heterocycles. The average Bonchev–Trinajstić information content (AvgIpc) is 3.21. The van der Waals surface area contributed by atoms with Crippen LogP contribution in [0, 0.1) is 0 Å². The Morgan fingerprint density at radius 2 is 0.930 bits per heavy atom. The lowest BCUT2D eigenvalue weighted by Gasteiger charge is -2.42. The van der Waals surface area contributed by atoms with Crippen molar-refractivity contribution in [1.29, 1.82) is 0 Å². The van der Waals surface area contributed by atoms with Gasteiger partial charge in [0.15, 0.2) is 18.7 Å². The Bertz CT molecular complexity index is 1020. The van der Waals surface area contributed by atoms with Crippen LogP contribution in [0.1, 0.15) is 162 Å². The molecule has 2 rings (SSSR count). The number of ether oxygens (including phenoxy) is 6. The second-order valence-electron chi connectivity index (χ2n) is 15.8. The van der Waals surface area contributed by atoms with E-state index in [1.807, 2.05) is 0 Å². The van der Waals surface area contributed by atoms with Crippen LogP contribution in [0.2, 0.25) is 0 Å². The molecule has 11 atom stereocenters. The zero-order valence-electron chi connectivity index (χ0n) is 34.8. The van der Waals surface area contributed by atoms with Gasteiger partial charge in [-0.15, -0.1) is 0 Å². The maximum absolute atomic E-state index is 12.7. The largest absolute Gasteiger partial charge is 0.462 e. The molecule has 336 valence electrons. The molecule has 0 aromatic heterocycles. The van der Waals surface area contributed by atoms with Gasteiger partial charge in [-0.1, -0.05) is 142 Å². The summed E-state index contributed by atoms with van der Waals surface area (Å²) in [5, 5.41) is 71.2. The van der Waals surface area contributed by atoms with Crippen molar-refractivity contribution >= 4 is 11.9 Å². The summed E-state index contributed by atoms with van der Waals surface area (Å²) in [5.41, 5.74) is 0. The summed E-state index contributed by atoms with van der Waals surface area (Å²) in [5.74, 6) is -1.02. The van der Waals surface area contributed by atoms with Gasteiger partial charge in [0, 0.05) is 12.8 Å². The number of esters is 2. The van der Waals surface area contributed by atoms with Gasteiger partial charge in [0.05, 0.1) is 19.8 Å². The molecule has 2 aliphatic rings. The standard InChI is InChI=1S/C42H78O15/c1-3-5-6-7-8-9-10-11-12-13-14-15-16-17-18-19-20-21-22-23-24-25-34(45)55-30(27-52-33(44)4-2)28-53-41-40(51)38(49)36(47)32(57-41)29-54-42-39(50)37(48)35(46)31(26-43)56-42/h30-32,35-43,46-51H,3-29H2,1-2H3. The fourth-order valence-electron chi connectivity index (χ4n) is 7.14. The van der Waals surface area contributed by atoms with Crippen LogP contribution in [0.3, 0.4) is 0 Å². The zero-order chi connectivity index (χ0) is 41.8. The van der Waals surface area contributed by atoms with E-state index in [4.69, 9.17) is 28.4 Å². The minimum absolute atomic E-state index is 0.103. The molecule has 2 fully saturated rings. The first-order chi connectivity index (χ1) is 27.5. The number of hydrogen-bond acceptors (Lipinski definition) is 15. The van der Waals surface area contributed by atoms with Crippen LogP contribution in [-0.4, -0.2) is 142 Å². The third kappa shape index (κ3) is 21.0. The van der Waals surface area contributed by atoms with Crippen molar-refractivity contribution in [2.45, 2.75) is 229 Å². The Labute approximate surface area is 340 Å². The van der Waals surface area contributed by atoms with Gasteiger partial charge in [0.25, 0.3) is 0 Å². The molecule has 0 amide bonds. The number of rotatable bonds is 33. The summed E-state index contributed by atoms with van der Waals surface area (Å²) in [4.78, 5) is 24.6. The van der Waals surface area contributed by atoms with Gasteiger partial charge >= 0.3 is 11.9 Å². The number of carbonyl (C=O) groups is 2. The quantitative estimate of drug-likeness (QED) is 0.0365. The molecule has 57 heavy (non-hydrogen) atoms. The van der Waals surface area contributed by atoms with Crippen LogP contribution >= 0.6 is 0 Å². The van der Waals surface area contributed by atoms with E-state index in [0.29, 0.717) is 6.42 Å². The first-order valence-corrected chi connectivity index (χ1v) is 22.1. The summed E-state index contributed by atoms with van der Waals surface area (Å²) < 4.78 is 32.7. The molecule has 0 bridgehead atoms. The molecule has 0 saturated carbocycles. The van der Waals surface area contributed by atoms with Gasteiger partial charge in [0.2, 0.25) is 0 Å². The van der Waals surface area contributed by atoms with E-state index in [-0.39, 0.29) is 26.1 Å². The second-order valence-corrected chi connectivity index (χ2v) is 15.8. The number of aliphatic hydroxyl groups excluding tert-OH is 7. The minimum atomic E-state index is -1.75. The Hall–Kier alpha value is -1.50. The highest BCUT2D eigenvalue weighted by molar-refractivity contribution is 5.70. The topological polar surface area (TPSA) is 231 Å². The summed E-state index contributed by atoms with van der Waals surface area (Å²) in [6, 6.07) is 0. The lowest BCUT2D eigenvalue weighted by atomic mass is 9.98. The van der Waals surface area contributed by atoms with Crippen LogP contribution in [0.15, 0.2) is 0 Å². The maximum atomic E-state index is 12.7. The molecule has 2 heterocycles. The summed E-state index contributed by atoms with van der Waals surface area (Å²) in [6.45, 7) is 1.99. The third-order valence-electron chi connectivity index (χ3n) is 10.9. The lowest BCUT2D eigenvalue weighted by Crippen LogP contribution is -2.61. The Morgan fingerprint density at radius 1 is 0.509 bits per heavy atom. The Morgan fingerprint density at radius 3 is 1.39 bits per heavy atom. The Balaban J connectivity index is 1.62. The van der Waals surface area contributed by atoms with Crippen molar-refractivity contribution in [3.8, 4) is 0 Å². The number of hydrogen-bond donors (Lipinski definition) is 7. The maximum Gasteiger partial charge on any atom is 0.306 e. The molecule has 11 unspecified atom stereocenters. The SMILES string of the molecule is CCCCCCCCCCCCCCCCCCCCCCCC(=O)OC(COC(=O)CC)COC1OC(COC2OC(CO)C(O)C(O)C2O)C(O)C(O)C1O. The first kappa shape index (κ1) is 51.6. The summed E-state index contributed by atoms with van der Waals surface area (Å²) in [6.07, 6.45) is 10.0. The normalized spacial score (nSPS) is 28.3. The van der Waals surface area contributed by atoms with Crippen LogP contribution in [0.5, 0.6) is 0 Å². The van der Waals surface area contributed by atoms with Crippen molar-refractivity contribution < 1.29 is 73.8 Å². The summed E-state index contributed by atoms with van der Waals surface area (Å²) >= 11 is 0. The lowest BCUT2D eigenvalue weighted by molar-refractivity contribution is -0.332. The molecule has 15 heteroatoms. The van der Waals surface area contributed by atoms with Gasteiger partial charge < -0.3 is 64.2 Å². The number of aliphatic hydroxyl groups is 7. The van der Waals surface area contributed by atoms with Crippen molar-refractivity contribution in [1.82, 2.24) is 0 Å². The zero-order valence-corrected chi connectivity index (χ0v) is 34.8. The van der Waals surface area contributed by atoms with Crippen LogP contribution < -0.4 is 0 Å². The molecule has 2 aliphatic heterocycles. The van der Waals surface area contributed by atoms with E-state index in [0.717, 1.165) is 19.3 Å². The molecule has 0 aliphatic carbocycles. The molecule has 0 aromatic rings. The minimum Gasteiger partial charge on any atom is -0.462 e. The molecule has 0 radical (unpaired) electrons. The van der Waals surface area contributed by atoms with E-state index < -0.39 is 92.7 Å². The van der Waals surface area contributed by atoms with Gasteiger partial charge in [-0.2, -0.15) is 0 Å². The fraction of sp³-hybridized carbons (Fsp3) is 0.952. The molecular weight excluding hydrogens is 744 g/mol. The molecule has 0 aromatic carbocycles. The molecule has 15 nitrogen and oxygen atoms in total. The van der Waals surface area contributed by atoms with E-state index in [9.17, 15) is 45.3 Å².